The molecule has 1 aliphatic rings. The van der Waals surface area contributed by atoms with Crippen molar-refractivity contribution < 1.29 is 18.7 Å². The van der Waals surface area contributed by atoms with Crippen LogP contribution in [-0.4, -0.2) is 50.8 Å². The number of hydrogen-bond donors (Lipinski definition) is 1. The number of rotatable bonds is 6. The zero-order chi connectivity index (χ0) is 18.4. The lowest BCUT2D eigenvalue weighted by atomic mass is 10.0. The predicted octanol–water partition coefficient (Wildman–Crippen LogP) is 2.64. The Morgan fingerprint density at radius 2 is 1.96 bits per heavy atom. The van der Waals surface area contributed by atoms with E-state index in [0.717, 1.165) is 18.7 Å². The molecule has 2 aromatic rings. The summed E-state index contributed by atoms with van der Waals surface area (Å²) >= 11 is 0. The van der Waals surface area contributed by atoms with Gasteiger partial charge in [-0.2, -0.15) is 0 Å². The number of halogens is 1. The third-order valence-electron chi connectivity index (χ3n) is 4.47. The molecule has 1 aliphatic heterocycles. The largest absolute Gasteiger partial charge is 0.497 e. The maximum absolute atomic E-state index is 14.2. The normalized spacial score (nSPS) is 16.1. The van der Waals surface area contributed by atoms with Gasteiger partial charge in [0.15, 0.2) is 0 Å². The molecule has 1 N–H and O–H groups in total. The molecule has 5 nitrogen and oxygen atoms in total. The minimum Gasteiger partial charge on any atom is -0.497 e. The van der Waals surface area contributed by atoms with E-state index in [1.165, 1.54) is 19.2 Å². The van der Waals surface area contributed by atoms with Crippen LogP contribution < -0.4 is 10.1 Å². The molecule has 1 fully saturated rings. The van der Waals surface area contributed by atoms with Crippen molar-refractivity contribution in [3.8, 4) is 5.75 Å². The third kappa shape index (κ3) is 4.59. The second-order valence-electron chi connectivity index (χ2n) is 6.20. The van der Waals surface area contributed by atoms with Crippen LogP contribution in [0.3, 0.4) is 0 Å². The number of hydrogen-bond acceptors (Lipinski definition) is 4. The molecule has 0 spiro atoms. The lowest BCUT2D eigenvalue weighted by Crippen LogP contribution is -2.43. The summed E-state index contributed by atoms with van der Waals surface area (Å²) in [6.07, 6.45) is 0. The predicted molar refractivity (Wildman–Crippen MR) is 96.9 cm³/mol. The van der Waals surface area contributed by atoms with Gasteiger partial charge in [0, 0.05) is 25.7 Å². The summed E-state index contributed by atoms with van der Waals surface area (Å²) in [5.41, 5.74) is 0.995. The van der Waals surface area contributed by atoms with E-state index >= 15 is 0 Å². The smallest absolute Gasteiger partial charge is 0.254 e. The Balaban J connectivity index is 1.77. The van der Waals surface area contributed by atoms with Crippen molar-refractivity contribution in [2.75, 3.05) is 40.0 Å². The quantitative estimate of drug-likeness (QED) is 0.863. The van der Waals surface area contributed by atoms with E-state index in [2.05, 4.69) is 10.2 Å². The zero-order valence-electron chi connectivity index (χ0n) is 14.8. The first kappa shape index (κ1) is 18.4. The average molecular weight is 358 g/mol. The highest BCUT2D eigenvalue weighted by Gasteiger charge is 2.22. The summed E-state index contributed by atoms with van der Waals surface area (Å²) in [5.74, 6) is -0.653. The Labute approximate surface area is 152 Å². The summed E-state index contributed by atoms with van der Waals surface area (Å²) in [6, 6.07) is 13.7. The van der Waals surface area contributed by atoms with Gasteiger partial charge in [-0.1, -0.05) is 30.3 Å². The van der Waals surface area contributed by atoms with Crippen LogP contribution in [-0.2, 0) is 4.74 Å². The number of methoxy groups -OCH3 is 1. The maximum Gasteiger partial charge on any atom is 0.254 e. The Kier molecular flexibility index (Phi) is 6.20. The Hall–Kier alpha value is -2.44. The molecule has 0 saturated carbocycles. The zero-order valence-corrected chi connectivity index (χ0v) is 14.8. The highest BCUT2D eigenvalue weighted by atomic mass is 19.1. The molecule has 26 heavy (non-hydrogen) atoms. The van der Waals surface area contributed by atoms with Gasteiger partial charge in [-0.3, -0.25) is 9.69 Å². The Morgan fingerprint density at radius 1 is 1.23 bits per heavy atom. The molecule has 3 rings (SSSR count). The van der Waals surface area contributed by atoms with Gasteiger partial charge in [0.2, 0.25) is 0 Å². The van der Waals surface area contributed by atoms with E-state index < -0.39 is 11.7 Å². The number of amides is 1. The summed E-state index contributed by atoms with van der Waals surface area (Å²) in [4.78, 5) is 14.9. The van der Waals surface area contributed by atoms with Gasteiger partial charge in [0.05, 0.1) is 31.9 Å². The van der Waals surface area contributed by atoms with Crippen molar-refractivity contribution in [2.24, 2.45) is 0 Å². The van der Waals surface area contributed by atoms with E-state index in [-0.39, 0.29) is 11.6 Å². The molecule has 6 heteroatoms. The molecule has 138 valence electrons. The summed E-state index contributed by atoms with van der Waals surface area (Å²) < 4.78 is 24.6. The van der Waals surface area contributed by atoms with Crippen LogP contribution in [0.2, 0.25) is 0 Å². The Morgan fingerprint density at radius 3 is 2.62 bits per heavy atom. The van der Waals surface area contributed by atoms with Gasteiger partial charge < -0.3 is 14.8 Å². The van der Waals surface area contributed by atoms with Crippen LogP contribution in [0.25, 0.3) is 0 Å². The van der Waals surface area contributed by atoms with Crippen molar-refractivity contribution in [1.82, 2.24) is 10.2 Å². The second kappa shape index (κ2) is 8.78. The van der Waals surface area contributed by atoms with Gasteiger partial charge >= 0.3 is 0 Å². The van der Waals surface area contributed by atoms with Crippen molar-refractivity contribution in [2.45, 2.75) is 6.04 Å². The van der Waals surface area contributed by atoms with E-state index in [9.17, 15) is 9.18 Å². The van der Waals surface area contributed by atoms with Gasteiger partial charge in [0.25, 0.3) is 5.91 Å². The van der Waals surface area contributed by atoms with Crippen molar-refractivity contribution in [3.05, 3.63) is 65.5 Å². The summed E-state index contributed by atoms with van der Waals surface area (Å²) in [7, 11) is 1.46. The number of benzene rings is 2. The monoisotopic (exact) mass is 358 g/mol. The molecule has 0 radical (unpaired) electrons. The highest BCUT2D eigenvalue weighted by molar-refractivity contribution is 5.94. The molecule has 0 aliphatic carbocycles. The van der Waals surface area contributed by atoms with Crippen molar-refractivity contribution >= 4 is 5.91 Å². The Bertz CT molecular complexity index is 733. The minimum atomic E-state index is -0.597. The molecular formula is C20H23FN2O3. The molecule has 1 heterocycles. The third-order valence-corrected chi connectivity index (χ3v) is 4.47. The summed E-state index contributed by atoms with van der Waals surface area (Å²) in [6.45, 7) is 3.65. The van der Waals surface area contributed by atoms with Gasteiger partial charge in [-0.05, 0) is 17.7 Å². The molecule has 1 unspecified atom stereocenters. The molecular weight excluding hydrogens is 335 g/mol. The van der Waals surface area contributed by atoms with Crippen molar-refractivity contribution in [3.63, 3.8) is 0 Å². The second-order valence-corrected chi connectivity index (χ2v) is 6.20. The van der Waals surface area contributed by atoms with E-state index in [0.29, 0.717) is 25.5 Å². The number of carbonyl (C=O) groups excluding carboxylic acids is 1. The van der Waals surface area contributed by atoms with Crippen LogP contribution in [0.5, 0.6) is 5.75 Å². The number of nitrogens with one attached hydrogen (secondary N) is 1. The maximum atomic E-state index is 14.2. The average Bonchev–Trinajstić information content (AvgIpc) is 2.68. The van der Waals surface area contributed by atoms with E-state index in [4.69, 9.17) is 9.47 Å². The molecule has 2 aromatic carbocycles. The SMILES string of the molecule is COc1ccc(C(=O)NC(CN2CCOCC2)c2ccccc2)c(F)c1. The van der Waals surface area contributed by atoms with Crippen molar-refractivity contribution in [1.29, 1.82) is 0 Å². The van der Waals surface area contributed by atoms with Crippen LogP contribution in [0.15, 0.2) is 48.5 Å². The minimum absolute atomic E-state index is 0.00806. The fourth-order valence-electron chi connectivity index (χ4n) is 3.00. The first-order chi connectivity index (χ1) is 12.7. The first-order valence-electron chi connectivity index (χ1n) is 8.67. The van der Waals surface area contributed by atoms with Crippen LogP contribution in [0, 0.1) is 5.82 Å². The standard InChI is InChI=1S/C20H23FN2O3/c1-25-16-7-8-17(18(21)13-16)20(24)22-19(15-5-3-2-4-6-15)14-23-9-11-26-12-10-23/h2-8,13,19H,9-12,14H2,1H3,(H,22,24). The van der Waals surface area contributed by atoms with Gasteiger partial charge in [-0.15, -0.1) is 0 Å². The highest BCUT2D eigenvalue weighted by Crippen LogP contribution is 2.19. The molecule has 0 aromatic heterocycles. The molecule has 0 bridgehead atoms. The topological polar surface area (TPSA) is 50.8 Å². The van der Waals surface area contributed by atoms with Gasteiger partial charge in [-0.25, -0.2) is 4.39 Å². The number of ether oxygens (including phenoxy) is 2. The fourth-order valence-corrected chi connectivity index (χ4v) is 3.00. The van der Waals surface area contributed by atoms with E-state index in [1.807, 2.05) is 30.3 Å². The number of nitrogens with zero attached hydrogens (tertiary/aromatic N) is 1. The first-order valence-corrected chi connectivity index (χ1v) is 8.67. The van der Waals surface area contributed by atoms with Crippen LogP contribution >= 0.6 is 0 Å². The number of carbonyl (C=O) groups is 1. The summed E-state index contributed by atoms with van der Waals surface area (Å²) in [5, 5.41) is 2.97. The lowest BCUT2D eigenvalue weighted by molar-refractivity contribution is 0.0332. The van der Waals surface area contributed by atoms with Crippen LogP contribution in [0.1, 0.15) is 22.0 Å². The number of morpholine rings is 1. The molecule has 1 amide bonds. The van der Waals surface area contributed by atoms with Crippen LogP contribution in [0.4, 0.5) is 4.39 Å². The molecule has 1 saturated heterocycles. The fraction of sp³-hybridized carbons (Fsp3) is 0.350. The van der Waals surface area contributed by atoms with Gasteiger partial charge in [0.1, 0.15) is 11.6 Å². The van der Waals surface area contributed by atoms with E-state index in [1.54, 1.807) is 6.07 Å². The molecule has 1 atom stereocenters. The lowest BCUT2D eigenvalue weighted by Gasteiger charge is -2.31.